The number of rotatable bonds is 8. The molecule has 2 aromatic rings. The minimum absolute atomic E-state index is 0.0119. The molecule has 8 heteroatoms. The molecule has 0 aliphatic carbocycles. The monoisotopic (exact) mass is 529 g/mol. The van der Waals surface area contributed by atoms with Gasteiger partial charge in [-0.1, -0.05) is 39.5 Å². The highest BCUT2D eigenvalue weighted by Gasteiger charge is 2.42. The minimum Gasteiger partial charge on any atom is -0.496 e. The smallest absolute Gasteiger partial charge is 0.181 e. The van der Waals surface area contributed by atoms with E-state index >= 15 is 0 Å². The fourth-order valence-corrected chi connectivity index (χ4v) is 7.11. The zero-order valence-corrected chi connectivity index (χ0v) is 21.2. The van der Waals surface area contributed by atoms with Crippen LogP contribution in [0, 0.1) is 17.0 Å². The average Bonchev–Trinajstić information content (AvgIpc) is 2.84. The molecule has 0 fully saturated rings. The number of hydrogen-bond acceptors (Lipinski definition) is 4. The van der Waals surface area contributed by atoms with E-state index in [9.17, 15) is 17.2 Å². The molecule has 0 amide bonds. The quantitative estimate of drug-likeness (QED) is 0.368. The van der Waals surface area contributed by atoms with Gasteiger partial charge in [-0.25, -0.2) is 17.2 Å². The summed E-state index contributed by atoms with van der Waals surface area (Å²) in [6.45, 7) is 4.58. The third kappa shape index (κ3) is 5.11. The Hall–Kier alpha value is -1.67. The molecular weight excluding hydrogens is 500 g/mol. The summed E-state index contributed by atoms with van der Waals surface area (Å²) in [5.41, 5.74) is 0.365. The largest absolute Gasteiger partial charge is 0.496 e. The van der Waals surface area contributed by atoms with Crippen molar-refractivity contribution in [1.82, 2.24) is 0 Å². The lowest BCUT2D eigenvalue weighted by Gasteiger charge is -2.37. The van der Waals surface area contributed by atoms with Crippen molar-refractivity contribution in [3.8, 4) is 5.75 Å². The van der Waals surface area contributed by atoms with E-state index in [2.05, 4.69) is 29.8 Å². The number of fused-ring (bicyclic) bond motifs is 1. The zero-order chi connectivity index (χ0) is 23.5. The van der Waals surface area contributed by atoms with Crippen molar-refractivity contribution in [2.45, 2.75) is 57.3 Å². The Labute approximate surface area is 198 Å². The molecule has 1 aliphatic rings. The van der Waals surface area contributed by atoms with Gasteiger partial charge in [-0.05, 0) is 47.0 Å². The van der Waals surface area contributed by atoms with Gasteiger partial charge in [-0.2, -0.15) is 0 Å². The standard InChI is InChI=1S/C24H30BrF2NO3S/c1-4-6-10-24(11-7-5-2)15-28(17-8-9-19(26)20(27)12-17)21-13-18(25)22(31-3)14-23(21)32(29,30)16-24/h8-9,12-14H,4-7,10-11,15-16H2,1-3H3. The van der Waals surface area contributed by atoms with E-state index in [-0.39, 0.29) is 10.6 Å². The first-order valence-electron chi connectivity index (χ1n) is 11.0. The highest BCUT2D eigenvalue weighted by molar-refractivity contribution is 9.10. The summed E-state index contributed by atoms with van der Waals surface area (Å²) in [7, 11) is -2.18. The lowest BCUT2D eigenvalue weighted by atomic mass is 9.79. The number of benzene rings is 2. The van der Waals surface area contributed by atoms with E-state index in [0.717, 1.165) is 50.7 Å². The third-order valence-electron chi connectivity index (χ3n) is 6.19. The number of anilines is 2. The zero-order valence-electron chi connectivity index (χ0n) is 18.8. The maximum atomic E-state index is 14.2. The molecule has 1 aliphatic heterocycles. The van der Waals surface area contributed by atoms with E-state index < -0.39 is 26.9 Å². The van der Waals surface area contributed by atoms with Gasteiger partial charge in [0.1, 0.15) is 5.75 Å². The van der Waals surface area contributed by atoms with Gasteiger partial charge in [0.2, 0.25) is 0 Å². The van der Waals surface area contributed by atoms with Crippen molar-refractivity contribution in [3.63, 3.8) is 0 Å². The van der Waals surface area contributed by atoms with Gasteiger partial charge in [0.05, 0.1) is 27.9 Å². The molecule has 4 nitrogen and oxygen atoms in total. The Morgan fingerprint density at radius 3 is 2.28 bits per heavy atom. The first-order chi connectivity index (χ1) is 15.2. The van der Waals surface area contributed by atoms with Crippen molar-refractivity contribution in [1.29, 1.82) is 0 Å². The maximum Gasteiger partial charge on any atom is 0.181 e. The number of nitrogens with zero attached hydrogens (tertiary/aromatic N) is 1. The van der Waals surface area contributed by atoms with Gasteiger partial charge < -0.3 is 9.64 Å². The van der Waals surface area contributed by atoms with Gasteiger partial charge in [0.15, 0.2) is 21.5 Å². The summed E-state index contributed by atoms with van der Waals surface area (Å²) in [4.78, 5) is 1.98. The molecule has 0 bridgehead atoms. The van der Waals surface area contributed by atoms with Crippen LogP contribution in [0.4, 0.5) is 20.2 Å². The summed E-state index contributed by atoms with van der Waals surface area (Å²) in [6, 6.07) is 6.95. The van der Waals surface area contributed by atoms with Crippen molar-refractivity contribution in [2.75, 3.05) is 24.3 Å². The van der Waals surface area contributed by atoms with Crippen LogP contribution in [0.3, 0.4) is 0 Å². The Balaban J connectivity index is 2.27. The number of hydrogen-bond donors (Lipinski definition) is 0. The van der Waals surface area contributed by atoms with Crippen LogP contribution in [0.1, 0.15) is 52.4 Å². The fraction of sp³-hybridized carbons (Fsp3) is 0.500. The molecule has 0 radical (unpaired) electrons. The minimum atomic E-state index is -3.67. The Bertz CT molecular complexity index is 1070. The fourth-order valence-electron chi connectivity index (χ4n) is 4.50. The maximum absolute atomic E-state index is 14.2. The second-order valence-electron chi connectivity index (χ2n) is 8.61. The van der Waals surface area contributed by atoms with Crippen LogP contribution < -0.4 is 9.64 Å². The van der Waals surface area contributed by atoms with Crippen LogP contribution in [0.2, 0.25) is 0 Å². The highest BCUT2D eigenvalue weighted by atomic mass is 79.9. The van der Waals surface area contributed by atoms with E-state index in [1.807, 2.05) is 4.90 Å². The van der Waals surface area contributed by atoms with Crippen molar-refractivity contribution < 1.29 is 21.9 Å². The molecular formula is C24H30BrF2NO3S. The molecule has 32 heavy (non-hydrogen) atoms. The van der Waals surface area contributed by atoms with Gasteiger partial charge >= 0.3 is 0 Å². The van der Waals surface area contributed by atoms with Crippen LogP contribution >= 0.6 is 15.9 Å². The van der Waals surface area contributed by atoms with Crippen molar-refractivity contribution in [2.24, 2.45) is 5.41 Å². The summed E-state index contributed by atoms with van der Waals surface area (Å²) >= 11 is 3.46. The van der Waals surface area contributed by atoms with E-state index in [0.29, 0.717) is 28.1 Å². The van der Waals surface area contributed by atoms with Gasteiger partial charge in [-0.3, -0.25) is 0 Å². The first-order valence-corrected chi connectivity index (χ1v) is 13.4. The molecule has 0 unspecified atom stereocenters. The molecule has 0 saturated heterocycles. The van der Waals surface area contributed by atoms with Gasteiger partial charge in [0, 0.05) is 29.8 Å². The predicted octanol–water partition coefficient (Wildman–Crippen LogP) is 7.03. The number of unbranched alkanes of at least 4 members (excludes halogenated alkanes) is 2. The predicted molar refractivity (Wildman–Crippen MR) is 128 cm³/mol. The second-order valence-corrected chi connectivity index (χ2v) is 11.4. The summed E-state index contributed by atoms with van der Waals surface area (Å²) in [5.74, 6) is -1.47. The lowest BCUT2D eigenvalue weighted by Crippen LogP contribution is -2.38. The van der Waals surface area contributed by atoms with Crippen molar-refractivity contribution in [3.05, 3.63) is 46.4 Å². The molecule has 0 N–H and O–H groups in total. The number of halogens is 3. The van der Waals surface area contributed by atoms with Crippen LogP contribution in [-0.4, -0.2) is 27.8 Å². The highest BCUT2D eigenvalue weighted by Crippen LogP contribution is 2.47. The van der Waals surface area contributed by atoms with Crippen LogP contribution in [0.15, 0.2) is 39.7 Å². The lowest BCUT2D eigenvalue weighted by molar-refractivity contribution is 0.270. The summed E-state index contributed by atoms with van der Waals surface area (Å²) in [6.07, 6.45) is 5.18. The molecule has 0 atom stereocenters. The normalized spacial score (nSPS) is 17.0. The molecule has 1 heterocycles. The second kappa shape index (κ2) is 10.1. The average molecular weight is 530 g/mol. The number of ether oxygens (including phenoxy) is 1. The van der Waals surface area contributed by atoms with Gasteiger partial charge in [-0.15, -0.1) is 0 Å². The molecule has 0 aromatic heterocycles. The van der Waals surface area contributed by atoms with E-state index in [1.54, 1.807) is 6.07 Å². The molecule has 0 spiro atoms. The SMILES string of the molecule is CCCCC1(CCCC)CN(c2ccc(F)c(F)c2)c2cc(Br)c(OC)cc2S(=O)(=O)C1. The first kappa shape index (κ1) is 25.0. The number of methoxy groups -OCH3 is 1. The molecule has 2 aromatic carbocycles. The Morgan fingerprint density at radius 1 is 1.06 bits per heavy atom. The van der Waals surface area contributed by atoms with Crippen LogP contribution in [-0.2, 0) is 9.84 Å². The summed E-state index contributed by atoms with van der Waals surface area (Å²) in [5, 5.41) is 0. The third-order valence-corrected chi connectivity index (χ3v) is 8.79. The topological polar surface area (TPSA) is 46.6 Å². The summed E-state index contributed by atoms with van der Waals surface area (Å²) < 4.78 is 61.2. The van der Waals surface area contributed by atoms with Crippen molar-refractivity contribution >= 4 is 37.1 Å². The Morgan fingerprint density at radius 2 is 1.72 bits per heavy atom. The van der Waals surface area contributed by atoms with Gasteiger partial charge in [0.25, 0.3) is 0 Å². The van der Waals surface area contributed by atoms with E-state index in [4.69, 9.17) is 4.74 Å². The number of sulfone groups is 1. The molecule has 0 saturated carbocycles. The van der Waals surface area contributed by atoms with Crippen LogP contribution in [0.5, 0.6) is 5.75 Å². The molecule has 176 valence electrons. The molecule has 3 rings (SSSR count). The van der Waals surface area contributed by atoms with E-state index in [1.165, 1.54) is 19.2 Å². The Kier molecular flexibility index (Phi) is 7.86. The van der Waals surface area contributed by atoms with Crippen LogP contribution in [0.25, 0.3) is 0 Å².